The van der Waals surface area contributed by atoms with Gasteiger partial charge in [-0.25, -0.2) is 4.98 Å². The van der Waals surface area contributed by atoms with E-state index in [0.717, 1.165) is 13.0 Å². The molecule has 0 aliphatic carbocycles. The number of aliphatic carboxylic acids is 1. The highest BCUT2D eigenvalue weighted by atomic mass is 16.4. The zero-order valence-corrected chi connectivity index (χ0v) is 10.6. The lowest BCUT2D eigenvalue weighted by Gasteiger charge is -2.31. The summed E-state index contributed by atoms with van der Waals surface area (Å²) < 4.78 is 0. The second kappa shape index (κ2) is 4.80. The molecule has 0 saturated carbocycles. The highest BCUT2D eigenvalue weighted by Gasteiger charge is 2.26. The van der Waals surface area contributed by atoms with Crippen LogP contribution in [0.1, 0.15) is 24.1 Å². The topological polar surface area (TPSA) is 86.3 Å². The Labute approximate surface area is 105 Å². The molecule has 0 amide bonds. The van der Waals surface area contributed by atoms with Crippen LogP contribution in [0, 0.1) is 19.8 Å². The van der Waals surface area contributed by atoms with Gasteiger partial charge in [-0.3, -0.25) is 14.6 Å². The second-order valence-electron chi connectivity index (χ2n) is 4.72. The van der Waals surface area contributed by atoms with Gasteiger partial charge in [-0.15, -0.1) is 0 Å². The first kappa shape index (κ1) is 12.6. The normalized spacial score (nSPS) is 19.9. The Kier molecular flexibility index (Phi) is 3.36. The van der Waals surface area contributed by atoms with Crippen LogP contribution in [-0.2, 0) is 4.79 Å². The number of H-pyrrole nitrogens is 1. The van der Waals surface area contributed by atoms with Gasteiger partial charge >= 0.3 is 5.97 Å². The minimum Gasteiger partial charge on any atom is -0.481 e. The van der Waals surface area contributed by atoms with Gasteiger partial charge in [0.2, 0.25) is 5.95 Å². The van der Waals surface area contributed by atoms with Gasteiger partial charge in [-0.1, -0.05) is 0 Å². The van der Waals surface area contributed by atoms with Crippen molar-refractivity contribution in [1.29, 1.82) is 0 Å². The van der Waals surface area contributed by atoms with Crippen molar-refractivity contribution in [2.24, 2.45) is 5.92 Å². The van der Waals surface area contributed by atoms with Crippen LogP contribution in [0.4, 0.5) is 5.95 Å². The van der Waals surface area contributed by atoms with Crippen molar-refractivity contribution in [3.8, 4) is 0 Å². The number of aromatic nitrogens is 2. The molecule has 0 bridgehead atoms. The highest BCUT2D eigenvalue weighted by Crippen LogP contribution is 2.20. The summed E-state index contributed by atoms with van der Waals surface area (Å²) in [6.07, 6.45) is 1.48. The number of carboxylic acid groups (broad SMARTS) is 1. The van der Waals surface area contributed by atoms with Crippen LogP contribution < -0.4 is 10.5 Å². The molecule has 2 N–H and O–H groups in total. The van der Waals surface area contributed by atoms with Gasteiger partial charge in [0, 0.05) is 24.3 Å². The number of carboxylic acids is 1. The minimum atomic E-state index is -0.786. The number of hydrogen-bond donors (Lipinski definition) is 2. The molecule has 0 aromatic carbocycles. The molecule has 6 heteroatoms. The largest absolute Gasteiger partial charge is 0.481 e. The van der Waals surface area contributed by atoms with Crippen molar-refractivity contribution in [3.05, 3.63) is 21.6 Å². The van der Waals surface area contributed by atoms with Crippen LogP contribution in [0.15, 0.2) is 4.79 Å². The maximum Gasteiger partial charge on any atom is 0.308 e. The van der Waals surface area contributed by atoms with E-state index in [4.69, 9.17) is 5.11 Å². The van der Waals surface area contributed by atoms with Crippen molar-refractivity contribution in [2.75, 3.05) is 18.0 Å². The van der Waals surface area contributed by atoms with Gasteiger partial charge in [0.05, 0.1) is 5.92 Å². The molecule has 1 aromatic rings. The van der Waals surface area contributed by atoms with Gasteiger partial charge in [-0.2, -0.15) is 0 Å². The molecule has 1 aliphatic heterocycles. The van der Waals surface area contributed by atoms with Crippen molar-refractivity contribution in [2.45, 2.75) is 26.7 Å². The summed E-state index contributed by atoms with van der Waals surface area (Å²) >= 11 is 0. The summed E-state index contributed by atoms with van der Waals surface area (Å²) in [5.74, 6) is -0.689. The van der Waals surface area contributed by atoms with E-state index in [0.29, 0.717) is 30.2 Å². The molecule has 0 radical (unpaired) electrons. The summed E-state index contributed by atoms with van der Waals surface area (Å²) in [5.41, 5.74) is 1.13. The molecule has 1 saturated heterocycles. The number of piperidine rings is 1. The Morgan fingerprint density at radius 1 is 1.50 bits per heavy atom. The first-order valence-electron chi connectivity index (χ1n) is 6.04. The number of nitrogens with one attached hydrogen (secondary N) is 1. The Morgan fingerprint density at radius 2 is 2.22 bits per heavy atom. The average Bonchev–Trinajstić information content (AvgIpc) is 2.35. The summed E-state index contributed by atoms with van der Waals surface area (Å²) in [7, 11) is 0. The van der Waals surface area contributed by atoms with Crippen LogP contribution in [0.2, 0.25) is 0 Å². The maximum atomic E-state index is 11.7. The lowest BCUT2D eigenvalue weighted by Crippen LogP contribution is -2.40. The standard InChI is InChI=1S/C12H17N3O3/c1-7-8(2)13-12(14-10(7)16)15-5-3-4-9(6-15)11(17)18/h9H,3-6H2,1-2H3,(H,17,18)(H,13,14,16). The SMILES string of the molecule is Cc1nc(N2CCCC(C(=O)O)C2)[nH]c(=O)c1C. The predicted octanol–water partition coefficient (Wildman–Crippen LogP) is 0.688. The maximum absolute atomic E-state index is 11.7. The van der Waals surface area contributed by atoms with E-state index in [1.807, 2.05) is 4.90 Å². The van der Waals surface area contributed by atoms with Crippen molar-refractivity contribution in [3.63, 3.8) is 0 Å². The monoisotopic (exact) mass is 251 g/mol. The number of rotatable bonds is 2. The van der Waals surface area contributed by atoms with Crippen molar-refractivity contribution >= 4 is 11.9 Å². The van der Waals surface area contributed by atoms with E-state index in [2.05, 4.69) is 9.97 Å². The Morgan fingerprint density at radius 3 is 2.83 bits per heavy atom. The van der Waals surface area contributed by atoms with E-state index < -0.39 is 5.97 Å². The van der Waals surface area contributed by atoms with Crippen LogP contribution in [0.25, 0.3) is 0 Å². The van der Waals surface area contributed by atoms with E-state index in [9.17, 15) is 9.59 Å². The van der Waals surface area contributed by atoms with Crippen LogP contribution in [-0.4, -0.2) is 34.1 Å². The highest BCUT2D eigenvalue weighted by molar-refractivity contribution is 5.71. The number of hydrogen-bond acceptors (Lipinski definition) is 4. The predicted molar refractivity (Wildman–Crippen MR) is 66.9 cm³/mol. The van der Waals surface area contributed by atoms with E-state index in [-0.39, 0.29) is 11.5 Å². The summed E-state index contributed by atoms with van der Waals surface area (Å²) in [6.45, 7) is 4.64. The van der Waals surface area contributed by atoms with E-state index in [1.54, 1.807) is 13.8 Å². The number of aryl methyl sites for hydroxylation is 1. The van der Waals surface area contributed by atoms with E-state index in [1.165, 1.54) is 0 Å². The molecule has 1 atom stereocenters. The van der Waals surface area contributed by atoms with Crippen LogP contribution in [0.3, 0.4) is 0 Å². The molecule has 6 nitrogen and oxygen atoms in total. The van der Waals surface area contributed by atoms with Gasteiger partial charge < -0.3 is 10.0 Å². The third-order valence-electron chi connectivity index (χ3n) is 3.45. The molecular formula is C12H17N3O3. The Bertz CT molecular complexity index is 524. The molecule has 0 spiro atoms. The summed E-state index contributed by atoms with van der Waals surface area (Å²) in [4.78, 5) is 31.6. The smallest absolute Gasteiger partial charge is 0.308 e. The fourth-order valence-electron chi connectivity index (χ4n) is 2.15. The molecular weight excluding hydrogens is 234 g/mol. The van der Waals surface area contributed by atoms with Crippen molar-refractivity contribution < 1.29 is 9.90 Å². The number of nitrogens with zero attached hydrogens (tertiary/aromatic N) is 2. The van der Waals surface area contributed by atoms with Gasteiger partial charge in [-0.05, 0) is 26.7 Å². The number of anilines is 1. The van der Waals surface area contributed by atoms with Gasteiger partial charge in [0.15, 0.2) is 0 Å². The summed E-state index contributed by atoms with van der Waals surface area (Å²) in [6, 6.07) is 0. The quantitative estimate of drug-likeness (QED) is 0.807. The molecule has 1 aliphatic rings. The zero-order valence-electron chi connectivity index (χ0n) is 10.6. The molecule has 1 fully saturated rings. The van der Waals surface area contributed by atoms with E-state index >= 15 is 0 Å². The first-order valence-corrected chi connectivity index (χ1v) is 6.04. The molecule has 1 aromatic heterocycles. The lowest BCUT2D eigenvalue weighted by molar-refractivity contribution is -0.141. The van der Waals surface area contributed by atoms with Crippen molar-refractivity contribution in [1.82, 2.24) is 9.97 Å². The lowest BCUT2D eigenvalue weighted by atomic mass is 9.99. The van der Waals surface area contributed by atoms with Crippen LogP contribution in [0.5, 0.6) is 0 Å². The zero-order chi connectivity index (χ0) is 13.3. The van der Waals surface area contributed by atoms with Gasteiger partial charge in [0.25, 0.3) is 5.56 Å². The molecule has 98 valence electrons. The minimum absolute atomic E-state index is 0.157. The second-order valence-corrected chi connectivity index (χ2v) is 4.72. The summed E-state index contributed by atoms with van der Waals surface area (Å²) in [5, 5.41) is 9.04. The Balaban J connectivity index is 2.26. The Hall–Kier alpha value is -1.85. The van der Waals surface area contributed by atoms with Gasteiger partial charge in [0.1, 0.15) is 0 Å². The average molecular weight is 251 g/mol. The third kappa shape index (κ3) is 2.37. The fourth-order valence-corrected chi connectivity index (χ4v) is 2.15. The number of aromatic amines is 1. The first-order chi connectivity index (χ1) is 8.49. The third-order valence-corrected chi connectivity index (χ3v) is 3.45. The molecule has 2 rings (SSSR count). The molecule has 18 heavy (non-hydrogen) atoms. The fraction of sp³-hybridized carbons (Fsp3) is 0.583. The molecule has 1 unspecified atom stereocenters. The molecule has 2 heterocycles. The number of carbonyl (C=O) groups is 1. The van der Waals surface area contributed by atoms with Crippen LogP contribution >= 0.6 is 0 Å².